The molecule has 0 bridgehead atoms. The number of pyridine rings is 1. The molecule has 2 N–H and O–H groups in total. The lowest BCUT2D eigenvalue weighted by Gasteiger charge is -2.32. The Labute approximate surface area is 218 Å². The number of nitrogens with zero attached hydrogens (tertiary/aromatic N) is 3. The molecule has 1 amide bonds. The van der Waals surface area contributed by atoms with Crippen LogP contribution in [0.3, 0.4) is 0 Å². The van der Waals surface area contributed by atoms with Crippen molar-refractivity contribution in [1.82, 2.24) is 19.9 Å². The number of hydrogen-bond acceptors (Lipinski definition) is 6. The van der Waals surface area contributed by atoms with Crippen LogP contribution in [0.2, 0.25) is 5.02 Å². The number of H-pyrrole nitrogens is 1. The van der Waals surface area contributed by atoms with Crippen molar-refractivity contribution in [1.29, 1.82) is 0 Å². The lowest BCUT2D eigenvalue weighted by Crippen LogP contribution is -2.45. The number of aromatic amines is 1. The number of hydrogen-bond donors (Lipinski definition) is 2. The maximum Gasteiger partial charge on any atom is 0.263 e. The molecule has 0 spiro atoms. The third-order valence-electron chi connectivity index (χ3n) is 7.27. The summed E-state index contributed by atoms with van der Waals surface area (Å²) < 4.78 is 7.33. The van der Waals surface area contributed by atoms with Crippen LogP contribution in [0.1, 0.15) is 54.3 Å². The van der Waals surface area contributed by atoms with E-state index in [1.165, 1.54) is 11.3 Å². The summed E-state index contributed by atoms with van der Waals surface area (Å²) in [4.78, 5) is 28.1. The van der Waals surface area contributed by atoms with Gasteiger partial charge in [-0.1, -0.05) is 18.5 Å². The first kappa shape index (κ1) is 23.5. The maximum atomic E-state index is 13.4. The Morgan fingerprint density at radius 2 is 2.14 bits per heavy atom. The Hall–Kier alpha value is -2.94. The second-order valence-corrected chi connectivity index (χ2v) is 11.0. The van der Waals surface area contributed by atoms with Crippen LogP contribution >= 0.6 is 22.9 Å². The van der Waals surface area contributed by atoms with Crippen molar-refractivity contribution in [3.63, 3.8) is 0 Å². The lowest BCUT2D eigenvalue weighted by molar-refractivity contribution is -0.139. The van der Waals surface area contributed by atoms with E-state index < -0.39 is 12.2 Å². The van der Waals surface area contributed by atoms with Crippen LogP contribution in [0.4, 0.5) is 0 Å². The highest BCUT2D eigenvalue weighted by Gasteiger charge is 2.36. The first-order valence-electron chi connectivity index (χ1n) is 12.3. The number of amides is 1. The summed E-state index contributed by atoms with van der Waals surface area (Å²) in [6, 6.07) is 7.69. The smallest absolute Gasteiger partial charge is 0.263 e. The predicted molar refractivity (Wildman–Crippen MR) is 141 cm³/mol. The standard InChI is InChI=1S/C27H27ClN4O3S/c1-2-22(33)24-12-20-26(36-24)18(3-6-30-20)19-11-17(28)9-16-10-23(35-25(16)19)27(34)32-7-4-15(5-8-32)21-13-29-14-31-21/h3,6,9,11-15,22-23,33H,2,4-5,7-8,10H2,1H3,(H,29,31)/t22?,23-/m1/s1. The van der Waals surface area contributed by atoms with Crippen LogP contribution in [0, 0.1) is 0 Å². The number of thiophene rings is 1. The molecule has 36 heavy (non-hydrogen) atoms. The van der Waals surface area contributed by atoms with Gasteiger partial charge in [0.2, 0.25) is 0 Å². The van der Waals surface area contributed by atoms with Gasteiger partial charge in [0.15, 0.2) is 6.10 Å². The lowest BCUT2D eigenvalue weighted by atomic mass is 9.93. The van der Waals surface area contributed by atoms with Gasteiger partial charge in [-0.25, -0.2) is 4.98 Å². The number of aromatic nitrogens is 3. The van der Waals surface area contributed by atoms with E-state index in [1.807, 2.05) is 42.3 Å². The number of halogens is 1. The molecular weight excluding hydrogens is 496 g/mol. The van der Waals surface area contributed by atoms with Crippen LogP contribution in [-0.2, 0) is 11.2 Å². The van der Waals surface area contributed by atoms with Gasteiger partial charge < -0.3 is 19.7 Å². The van der Waals surface area contributed by atoms with Crippen LogP contribution in [0.5, 0.6) is 5.75 Å². The number of nitrogens with one attached hydrogen (secondary N) is 1. The van der Waals surface area contributed by atoms with Crippen molar-refractivity contribution in [2.45, 2.75) is 50.7 Å². The number of rotatable bonds is 5. The van der Waals surface area contributed by atoms with Crippen molar-refractivity contribution in [2.75, 3.05) is 13.1 Å². The second-order valence-electron chi connectivity index (χ2n) is 9.50. The van der Waals surface area contributed by atoms with Crippen LogP contribution in [0.15, 0.2) is 43.0 Å². The average molecular weight is 523 g/mol. The molecule has 2 atom stereocenters. The molecular formula is C27H27ClN4O3S. The minimum atomic E-state index is -0.556. The highest BCUT2D eigenvalue weighted by molar-refractivity contribution is 7.19. The molecule has 0 aliphatic carbocycles. The molecule has 1 aromatic carbocycles. The molecule has 0 radical (unpaired) electrons. The Kier molecular flexibility index (Phi) is 6.19. The van der Waals surface area contributed by atoms with Crippen molar-refractivity contribution >= 4 is 39.1 Å². The second kappa shape index (κ2) is 9.50. The number of aliphatic hydroxyl groups excluding tert-OH is 1. The largest absolute Gasteiger partial charge is 0.479 e. The summed E-state index contributed by atoms with van der Waals surface area (Å²) >= 11 is 8.08. The highest BCUT2D eigenvalue weighted by Crippen LogP contribution is 2.45. The molecule has 5 heterocycles. The molecule has 9 heteroatoms. The van der Waals surface area contributed by atoms with Crippen molar-refractivity contribution < 1.29 is 14.6 Å². The SMILES string of the molecule is CCC(O)c1cc2nccc(-c3cc(Cl)cc4c3O[C@@H](C(=O)N3CCC(c5cnc[nH]5)CC3)C4)c2s1. The molecule has 2 aliphatic heterocycles. The van der Waals surface area contributed by atoms with Crippen molar-refractivity contribution in [2.24, 2.45) is 0 Å². The third kappa shape index (κ3) is 4.17. The Morgan fingerprint density at radius 3 is 2.89 bits per heavy atom. The van der Waals surface area contributed by atoms with E-state index in [2.05, 4.69) is 15.0 Å². The molecule has 3 aromatic heterocycles. The summed E-state index contributed by atoms with van der Waals surface area (Å²) in [7, 11) is 0. The highest BCUT2D eigenvalue weighted by atomic mass is 35.5. The van der Waals surface area contributed by atoms with E-state index in [-0.39, 0.29) is 5.91 Å². The fourth-order valence-electron chi connectivity index (χ4n) is 5.30. The molecule has 2 aliphatic rings. The van der Waals surface area contributed by atoms with E-state index in [0.29, 0.717) is 42.6 Å². The molecule has 0 saturated carbocycles. The number of fused-ring (bicyclic) bond motifs is 2. The van der Waals surface area contributed by atoms with Gasteiger partial charge in [0.05, 0.1) is 22.6 Å². The van der Waals surface area contributed by atoms with E-state index in [9.17, 15) is 9.90 Å². The summed E-state index contributed by atoms with van der Waals surface area (Å²) in [5.74, 6) is 1.14. The van der Waals surface area contributed by atoms with Gasteiger partial charge in [-0.2, -0.15) is 0 Å². The number of likely N-dealkylation sites (tertiary alicyclic amines) is 1. The fraction of sp³-hybridized carbons (Fsp3) is 0.370. The Morgan fingerprint density at radius 1 is 1.31 bits per heavy atom. The van der Waals surface area contributed by atoms with Gasteiger partial charge in [0.1, 0.15) is 5.75 Å². The zero-order chi connectivity index (χ0) is 24.8. The van der Waals surface area contributed by atoms with Crippen LogP contribution in [-0.4, -0.2) is 50.1 Å². The maximum absolute atomic E-state index is 13.4. The molecule has 1 saturated heterocycles. The number of imidazole rings is 1. The minimum Gasteiger partial charge on any atom is -0.479 e. The predicted octanol–water partition coefficient (Wildman–Crippen LogP) is 5.49. The van der Waals surface area contributed by atoms with Gasteiger partial charge >= 0.3 is 0 Å². The summed E-state index contributed by atoms with van der Waals surface area (Å²) in [5, 5.41) is 11.0. The summed E-state index contributed by atoms with van der Waals surface area (Å²) in [5.41, 5.74) is 4.72. The first-order valence-corrected chi connectivity index (χ1v) is 13.5. The first-order chi connectivity index (χ1) is 17.5. The fourth-order valence-corrected chi connectivity index (χ4v) is 6.75. The molecule has 7 nitrogen and oxygen atoms in total. The molecule has 186 valence electrons. The van der Waals surface area contributed by atoms with E-state index >= 15 is 0 Å². The zero-order valence-electron chi connectivity index (χ0n) is 19.9. The third-order valence-corrected chi connectivity index (χ3v) is 8.75. The van der Waals surface area contributed by atoms with Crippen LogP contribution in [0.25, 0.3) is 21.3 Å². The molecule has 4 aromatic rings. The van der Waals surface area contributed by atoms with Gasteiger partial charge in [-0.3, -0.25) is 9.78 Å². The monoisotopic (exact) mass is 522 g/mol. The number of ether oxygens (including phenoxy) is 1. The molecule has 6 rings (SSSR count). The topological polar surface area (TPSA) is 91.3 Å². The molecule has 1 fully saturated rings. The molecule has 1 unspecified atom stereocenters. The quantitative estimate of drug-likeness (QED) is 0.361. The van der Waals surface area contributed by atoms with E-state index in [1.54, 1.807) is 12.5 Å². The van der Waals surface area contributed by atoms with Crippen LogP contribution < -0.4 is 4.74 Å². The van der Waals surface area contributed by atoms with Gasteiger partial charge in [0, 0.05) is 70.1 Å². The number of carbonyl (C=O) groups excluding carboxylic acids is 1. The van der Waals surface area contributed by atoms with E-state index in [4.69, 9.17) is 16.3 Å². The van der Waals surface area contributed by atoms with Crippen molar-refractivity contribution in [3.05, 3.63) is 64.1 Å². The zero-order valence-corrected chi connectivity index (χ0v) is 21.5. The van der Waals surface area contributed by atoms with E-state index in [0.717, 1.165) is 50.3 Å². The summed E-state index contributed by atoms with van der Waals surface area (Å²) in [6.07, 6.45) is 7.23. The number of benzene rings is 1. The number of carbonyl (C=O) groups is 1. The normalized spacial score (nSPS) is 18.9. The Balaban J connectivity index is 1.26. The van der Waals surface area contributed by atoms with Crippen molar-refractivity contribution in [3.8, 4) is 16.9 Å². The van der Waals surface area contributed by atoms with Gasteiger partial charge in [0.25, 0.3) is 5.91 Å². The average Bonchev–Trinajstić information content (AvgIpc) is 3.66. The van der Waals surface area contributed by atoms with Gasteiger partial charge in [-0.15, -0.1) is 11.3 Å². The minimum absolute atomic E-state index is 0.0284. The van der Waals surface area contributed by atoms with Gasteiger partial charge in [-0.05, 0) is 43.5 Å². The Bertz CT molecular complexity index is 1410. The summed E-state index contributed by atoms with van der Waals surface area (Å²) in [6.45, 7) is 3.36. The number of piperidine rings is 1. The number of aliphatic hydroxyl groups is 1.